The van der Waals surface area contributed by atoms with E-state index in [1.54, 1.807) is 18.5 Å². The number of rotatable bonds is 9. The number of pyridine rings is 1. The number of amidine groups is 1. The molecule has 176 valence electrons. The molecule has 2 heterocycles. The number of hydrogen-bond acceptors (Lipinski definition) is 7. The Kier molecular flexibility index (Phi) is 8.01. The molecule has 11 heteroatoms. The van der Waals surface area contributed by atoms with Crippen molar-refractivity contribution in [2.45, 2.75) is 12.8 Å². The van der Waals surface area contributed by atoms with Crippen LogP contribution in [0.4, 0.5) is 5.69 Å². The van der Waals surface area contributed by atoms with Gasteiger partial charge in [-0.1, -0.05) is 12.1 Å². The van der Waals surface area contributed by atoms with E-state index in [2.05, 4.69) is 15.2 Å². The van der Waals surface area contributed by atoms with Gasteiger partial charge in [-0.15, -0.1) is 0 Å². The summed E-state index contributed by atoms with van der Waals surface area (Å²) in [5.74, 6) is 0.00780. The van der Waals surface area contributed by atoms with Crippen LogP contribution in [0.1, 0.15) is 24.0 Å². The smallest absolute Gasteiger partial charge is 0.287 e. The highest BCUT2D eigenvalue weighted by Gasteiger charge is 2.24. The summed E-state index contributed by atoms with van der Waals surface area (Å²) in [6.45, 7) is 1.98. The predicted octanol–water partition coefficient (Wildman–Crippen LogP) is 1.64. The largest absolute Gasteiger partial charge is 0.491 e. The maximum absolute atomic E-state index is 12.5. The second-order valence-corrected chi connectivity index (χ2v) is 8.89. The molecular weight excluding hydrogens is 446 g/mol. The van der Waals surface area contributed by atoms with Gasteiger partial charge in [-0.05, 0) is 37.1 Å². The zero-order valence-corrected chi connectivity index (χ0v) is 18.8. The van der Waals surface area contributed by atoms with E-state index < -0.39 is 10.1 Å². The van der Waals surface area contributed by atoms with Gasteiger partial charge in [0.2, 0.25) is 5.91 Å². The molecule has 0 saturated carbocycles. The molecule has 1 amide bonds. The van der Waals surface area contributed by atoms with Gasteiger partial charge in [0, 0.05) is 48.2 Å². The van der Waals surface area contributed by atoms with Crippen molar-refractivity contribution >= 4 is 33.6 Å². The molecule has 0 atom stereocenters. The molecule has 1 aliphatic heterocycles. The number of ether oxygens (including phenoxy) is 1. The molecule has 0 radical (unpaired) electrons. The number of nitrogens with zero attached hydrogens (tertiary/aromatic N) is 2. The van der Waals surface area contributed by atoms with Crippen molar-refractivity contribution in [1.82, 2.24) is 10.3 Å². The Hall–Kier alpha value is -3.44. The molecule has 1 aromatic carbocycles. The Morgan fingerprint density at radius 3 is 2.61 bits per heavy atom. The Balaban J connectivity index is 1.51. The molecule has 1 aliphatic rings. The second kappa shape index (κ2) is 10.9. The van der Waals surface area contributed by atoms with Crippen LogP contribution >= 0.6 is 0 Å². The number of piperidine rings is 1. The topological polar surface area (TPSA) is 159 Å². The summed E-state index contributed by atoms with van der Waals surface area (Å²) in [7, 11) is -4.30. The van der Waals surface area contributed by atoms with Crippen LogP contribution in [0.2, 0.25) is 0 Å². The summed E-state index contributed by atoms with van der Waals surface area (Å²) >= 11 is 0. The molecule has 33 heavy (non-hydrogen) atoms. The van der Waals surface area contributed by atoms with Gasteiger partial charge < -0.3 is 20.7 Å². The van der Waals surface area contributed by atoms with Crippen molar-refractivity contribution in [3.8, 4) is 5.75 Å². The molecule has 2 aromatic rings. The third-order valence-electron chi connectivity index (χ3n) is 5.30. The average molecular weight is 474 g/mol. The Bertz CT molecular complexity index is 1110. The number of aromatic nitrogens is 1. The average Bonchev–Trinajstić information content (AvgIpc) is 2.80. The molecule has 1 saturated heterocycles. The van der Waals surface area contributed by atoms with Crippen LogP contribution in [0, 0.1) is 11.3 Å². The van der Waals surface area contributed by atoms with Crippen molar-refractivity contribution in [2.24, 2.45) is 11.7 Å². The summed E-state index contributed by atoms with van der Waals surface area (Å²) < 4.78 is 36.6. The summed E-state index contributed by atoms with van der Waals surface area (Å²) in [4.78, 5) is 18.8. The van der Waals surface area contributed by atoms with Gasteiger partial charge in [-0.25, -0.2) is 0 Å². The van der Waals surface area contributed by atoms with Gasteiger partial charge in [-0.3, -0.25) is 19.7 Å². The van der Waals surface area contributed by atoms with Crippen LogP contribution in [-0.4, -0.2) is 55.9 Å². The number of nitrogen functional groups attached to an aromatic ring is 1. The van der Waals surface area contributed by atoms with Crippen molar-refractivity contribution in [1.29, 1.82) is 5.41 Å². The van der Waals surface area contributed by atoms with E-state index in [0.29, 0.717) is 16.5 Å². The first-order valence-corrected chi connectivity index (χ1v) is 11.9. The third kappa shape index (κ3) is 7.29. The number of nitrogens with two attached hydrogens (primary N) is 1. The van der Waals surface area contributed by atoms with Crippen molar-refractivity contribution < 1.29 is 22.5 Å². The highest BCUT2D eigenvalue weighted by molar-refractivity contribution is 7.88. The summed E-state index contributed by atoms with van der Waals surface area (Å²) in [5, 5.41) is 11.1. The van der Waals surface area contributed by atoms with E-state index in [9.17, 15) is 13.2 Å². The lowest BCUT2D eigenvalue weighted by atomic mass is 9.95. The number of carbonyl (C=O) groups is 1. The fourth-order valence-corrected chi connectivity index (χ4v) is 3.88. The molecule has 1 fully saturated rings. The second-order valence-electron chi connectivity index (χ2n) is 7.59. The van der Waals surface area contributed by atoms with Gasteiger partial charge in [0.05, 0.1) is 12.0 Å². The Labute approximate surface area is 192 Å². The summed E-state index contributed by atoms with van der Waals surface area (Å²) in [5.41, 5.74) is 7.39. The van der Waals surface area contributed by atoms with E-state index >= 15 is 0 Å². The lowest BCUT2D eigenvalue weighted by Crippen LogP contribution is -2.41. The number of amides is 1. The van der Waals surface area contributed by atoms with Crippen molar-refractivity contribution in [3.63, 3.8) is 0 Å². The lowest BCUT2D eigenvalue weighted by Gasteiger charge is -2.32. The number of nitrogens with one attached hydrogen (secondary N) is 2. The minimum absolute atomic E-state index is 0.0306. The maximum Gasteiger partial charge on any atom is 0.287 e. The monoisotopic (exact) mass is 473 g/mol. The standard InChI is InChI=1S/C22H27N5O5S/c23-21(24)18-2-1-16(7-14-33(29,30)31)20(15-18)32-13-10-26-22(28)17-5-11-27(12-6-17)19-3-8-25-9-4-19/h1-4,7-9,14-15,17H,5-6,10-13H2,(H3,23,24)(H,26,28)(H,29,30,31). The Morgan fingerprint density at radius 2 is 1.97 bits per heavy atom. The van der Waals surface area contributed by atoms with Crippen LogP contribution in [0.25, 0.3) is 6.08 Å². The normalized spacial score (nSPS) is 14.9. The fraction of sp³-hybridized carbons (Fsp3) is 0.318. The highest BCUT2D eigenvalue weighted by atomic mass is 32.2. The number of carbonyl (C=O) groups excluding carboxylic acids is 1. The van der Waals surface area contributed by atoms with Crippen LogP contribution < -0.4 is 20.7 Å². The fourth-order valence-electron chi connectivity index (χ4n) is 3.56. The minimum atomic E-state index is -4.30. The molecule has 1 aromatic heterocycles. The summed E-state index contributed by atoms with van der Waals surface area (Å²) in [6, 6.07) is 8.49. The first-order chi connectivity index (χ1) is 15.7. The minimum Gasteiger partial charge on any atom is -0.491 e. The maximum atomic E-state index is 12.5. The van der Waals surface area contributed by atoms with Crippen molar-refractivity contribution in [3.05, 3.63) is 59.3 Å². The third-order valence-corrected chi connectivity index (χ3v) is 5.78. The number of anilines is 1. The predicted molar refractivity (Wildman–Crippen MR) is 126 cm³/mol. The van der Waals surface area contributed by atoms with Crippen molar-refractivity contribution in [2.75, 3.05) is 31.1 Å². The molecule has 0 unspecified atom stereocenters. The van der Waals surface area contributed by atoms with Crippen LogP contribution in [0.3, 0.4) is 0 Å². The first-order valence-electron chi connectivity index (χ1n) is 10.4. The quantitative estimate of drug-likeness (QED) is 0.185. The van der Waals surface area contributed by atoms with E-state index in [0.717, 1.165) is 31.6 Å². The van der Waals surface area contributed by atoms with Crippen LogP contribution in [0.15, 0.2) is 48.1 Å². The number of hydrogen-bond donors (Lipinski definition) is 4. The van der Waals surface area contributed by atoms with Gasteiger partial charge in [0.25, 0.3) is 10.1 Å². The van der Waals surface area contributed by atoms with Gasteiger partial charge >= 0.3 is 0 Å². The molecule has 0 aliphatic carbocycles. The van der Waals surface area contributed by atoms with Gasteiger partial charge in [0.15, 0.2) is 0 Å². The molecular formula is C22H27N5O5S. The molecule has 10 nitrogen and oxygen atoms in total. The lowest BCUT2D eigenvalue weighted by molar-refractivity contribution is -0.125. The number of benzene rings is 1. The zero-order chi connectivity index (χ0) is 23.8. The van der Waals surface area contributed by atoms with E-state index in [1.807, 2.05) is 12.1 Å². The SMILES string of the molecule is N=C(N)c1ccc(C=CS(=O)(=O)O)c(OCCNC(=O)C2CCN(c3ccncc3)CC2)c1. The zero-order valence-electron chi connectivity index (χ0n) is 18.0. The van der Waals surface area contributed by atoms with E-state index in [1.165, 1.54) is 18.2 Å². The van der Waals surface area contributed by atoms with Gasteiger partial charge in [-0.2, -0.15) is 8.42 Å². The van der Waals surface area contributed by atoms with Gasteiger partial charge in [0.1, 0.15) is 18.2 Å². The summed E-state index contributed by atoms with van der Waals surface area (Å²) in [6.07, 6.45) is 6.19. The molecule has 0 bridgehead atoms. The molecule has 5 N–H and O–H groups in total. The first kappa shape index (κ1) is 24.2. The van der Waals surface area contributed by atoms with E-state index in [-0.39, 0.29) is 36.6 Å². The highest BCUT2D eigenvalue weighted by Crippen LogP contribution is 2.24. The molecule has 3 rings (SSSR count). The Morgan fingerprint density at radius 1 is 1.27 bits per heavy atom. The van der Waals surface area contributed by atoms with Crippen LogP contribution in [0.5, 0.6) is 5.75 Å². The van der Waals surface area contributed by atoms with E-state index in [4.69, 9.17) is 20.4 Å². The molecule has 0 spiro atoms. The van der Waals surface area contributed by atoms with Crippen LogP contribution in [-0.2, 0) is 14.9 Å².